The van der Waals surface area contributed by atoms with Gasteiger partial charge in [-0.15, -0.1) is 0 Å². The number of hydrogen-bond donors (Lipinski definition) is 2. The number of benzene rings is 2. The summed E-state index contributed by atoms with van der Waals surface area (Å²) in [5.74, 6) is -1.56. The van der Waals surface area contributed by atoms with Crippen LogP contribution in [0, 0.1) is 0 Å². The summed E-state index contributed by atoms with van der Waals surface area (Å²) >= 11 is 0. The highest BCUT2D eigenvalue weighted by Crippen LogP contribution is 2.38. The van der Waals surface area contributed by atoms with E-state index in [1.54, 1.807) is 45.9 Å². The highest BCUT2D eigenvalue weighted by atomic mass is 33.1. The molecule has 0 aliphatic carbocycles. The zero-order valence-electron chi connectivity index (χ0n) is 14.2. The van der Waals surface area contributed by atoms with E-state index in [1.807, 2.05) is 24.3 Å². The highest BCUT2D eigenvalue weighted by Gasteiger charge is 2.22. The van der Waals surface area contributed by atoms with Gasteiger partial charge in [-0.3, -0.25) is 29.8 Å². The third-order valence-corrected chi connectivity index (χ3v) is 6.50. The minimum Gasteiger partial charge on any atom is -0.289 e. The molecule has 0 aromatic heterocycles. The van der Waals surface area contributed by atoms with Gasteiger partial charge in [-0.2, -0.15) is 0 Å². The third kappa shape index (κ3) is 3.78. The van der Waals surface area contributed by atoms with Crippen LogP contribution in [-0.4, -0.2) is 23.6 Å². The molecule has 2 N–H and O–H groups in total. The largest absolute Gasteiger partial charge is 0.289 e. The van der Waals surface area contributed by atoms with Crippen LogP contribution < -0.4 is 10.6 Å². The molecule has 2 aromatic rings. The molecule has 0 bridgehead atoms. The number of hydrogen-bond acceptors (Lipinski definition) is 6. The lowest BCUT2D eigenvalue weighted by molar-refractivity contribution is -0.124. The van der Waals surface area contributed by atoms with Crippen molar-refractivity contribution in [1.82, 2.24) is 10.6 Å². The molecule has 0 atom stereocenters. The Hall–Kier alpha value is -3.10. The Balaban J connectivity index is 1.40. The zero-order valence-corrected chi connectivity index (χ0v) is 15.9. The predicted molar refractivity (Wildman–Crippen MR) is 107 cm³/mol. The standard InChI is InChI=1S/C20H12N2O4S2/c23-17-9-15(19(25)21-17)11-1-5-13(6-2-11)27-28-14-7-3-12(4-8-14)16-10-18(24)22-20(16)26/h1-10H,(H,21,23,25)(H,22,24,26). The molecule has 28 heavy (non-hydrogen) atoms. The number of carbonyl (C=O) groups is 4. The molecule has 4 amide bonds. The maximum Gasteiger partial charge on any atom is 0.258 e. The SMILES string of the molecule is O=C1C=C(c2ccc(SSc3ccc(C4=CC(=O)NC4=O)cc3)cc2)C(=O)N1. The van der Waals surface area contributed by atoms with Gasteiger partial charge >= 0.3 is 0 Å². The van der Waals surface area contributed by atoms with Gasteiger partial charge in [0, 0.05) is 21.9 Å². The molecule has 2 aliphatic rings. The van der Waals surface area contributed by atoms with E-state index in [0.29, 0.717) is 22.3 Å². The van der Waals surface area contributed by atoms with Gasteiger partial charge in [-0.1, -0.05) is 45.9 Å². The Morgan fingerprint density at radius 2 is 0.893 bits per heavy atom. The molecule has 0 saturated heterocycles. The highest BCUT2D eigenvalue weighted by molar-refractivity contribution is 8.76. The second kappa shape index (κ2) is 7.49. The summed E-state index contributed by atoms with van der Waals surface area (Å²) in [6, 6.07) is 14.8. The molecule has 0 unspecified atom stereocenters. The van der Waals surface area contributed by atoms with E-state index >= 15 is 0 Å². The smallest absolute Gasteiger partial charge is 0.258 e. The molecule has 6 nitrogen and oxygen atoms in total. The first-order valence-corrected chi connectivity index (χ1v) is 10.3. The minimum atomic E-state index is -0.396. The van der Waals surface area contributed by atoms with E-state index in [9.17, 15) is 19.2 Å². The average Bonchev–Trinajstić information content (AvgIpc) is 3.21. The van der Waals surface area contributed by atoms with Crippen LogP contribution in [0.4, 0.5) is 0 Å². The normalized spacial score (nSPS) is 16.0. The van der Waals surface area contributed by atoms with E-state index < -0.39 is 11.8 Å². The van der Waals surface area contributed by atoms with E-state index in [4.69, 9.17) is 0 Å². The van der Waals surface area contributed by atoms with E-state index in [2.05, 4.69) is 10.6 Å². The number of imide groups is 2. The Kier molecular flexibility index (Phi) is 4.89. The Morgan fingerprint density at radius 1 is 0.536 bits per heavy atom. The molecule has 138 valence electrons. The van der Waals surface area contributed by atoms with Gasteiger partial charge in [0.15, 0.2) is 0 Å². The number of rotatable bonds is 5. The quantitative estimate of drug-likeness (QED) is 0.584. The first-order chi connectivity index (χ1) is 13.5. The lowest BCUT2D eigenvalue weighted by atomic mass is 10.1. The summed E-state index contributed by atoms with van der Waals surface area (Å²) < 4.78 is 0. The molecule has 4 rings (SSSR count). The van der Waals surface area contributed by atoms with Crippen LogP contribution in [0.2, 0.25) is 0 Å². The van der Waals surface area contributed by atoms with Crippen LogP contribution in [0.1, 0.15) is 11.1 Å². The van der Waals surface area contributed by atoms with Crippen LogP contribution in [0.5, 0.6) is 0 Å². The molecule has 0 saturated carbocycles. The van der Waals surface area contributed by atoms with Gasteiger partial charge in [0.05, 0.1) is 11.1 Å². The molecule has 0 radical (unpaired) electrons. The summed E-state index contributed by atoms with van der Waals surface area (Å²) in [6.07, 6.45) is 2.60. The topological polar surface area (TPSA) is 92.3 Å². The number of carbonyl (C=O) groups excluding carboxylic acids is 4. The van der Waals surface area contributed by atoms with Crippen molar-refractivity contribution in [3.8, 4) is 0 Å². The van der Waals surface area contributed by atoms with Crippen molar-refractivity contribution in [1.29, 1.82) is 0 Å². The van der Waals surface area contributed by atoms with Crippen molar-refractivity contribution in [3.63, 3.8) is 0 Å². The molecule has 0 fully saturated rings. The van der Waals surface area contributed by atoms with Gasteiger partial charge in [-0.25, -0.2) is 0 Å². The van der Waals surface area contributed by atoms with Crippen LogP contribution in [0.3, 0.4) is 0 Å². The molecule has 0 spiro atoms. The van der Waals surface area contributed by atoms with Crippen molar-refractivity contribution >= 4 is 56.4 Å². The predicted octanol–water partition coefficient (Wildman–Crippen LogP) is 2.57. The first-order valence-electron chi connectivity index (χ1n) is 8.19. The summed E-state index contributed by atoms with van der Waals surface area (Å²) in [5, 5.41) is 4.46. The summed E-state index contributed by atoms with van der Waals surface area (Å²) in [5.41, 5.74) is 2.13. The number of amides is 4. The first kappa shape index (κ1) is 18.3. The molecule has 2 heterocycles. The fourth-order valence-electron chi connectivity index (χ4n) is 2.73. The van der Waals surface area contributed by atoms with Crippen molar-refractivity contribution in [2.75, 3.05) is 0 Å². The monoisotopic (exact) mass is 408 g/mol. The van der Waals surface area contributed by atoms with Gasteiger partial charge < -0.3 is 0 Å². The van der Waals surface area contributed by atoms with Crippen LogP contribution in [-0.2, 0) is 19.2 Å². The second-order valence-corrected chi connectivity index (χ2v) is 8.24. The van der Waals surface area contributed by atoms with Gasteiger partial charge in [-0.05, 0) is 35.4 Å². The van der Waals surface area contributed by atoms with Gasteiger partial charge in [0.25, 0.3) is 23.6 Å². The number of nitrogens with one attached hydrogen (secondary N) is 2. The molecular formula is C20H12N2O4S2. The van der Waals surface area contributed by atoms with Gasteiger partial charge in [0.1, 0.15) is 0 Å². The molecule has 8 heteroatoms. The minimum absolute atomic E-state index is 0.369. The van der Waals surface area contributed by atoms with Gasteiger partial charge in [0.2, 0.25) is 0 Å². The molecular weight excluding hydrogens is 396 g/mol. The van der Waals surface area contributed by atoms with Crippen molar-refractivity contribution < 1.29 is 19.2 Å². The van der Waals surface area contributed by atoms with Crippen LogP contribution >= 0.6 is 21.6 Å². The maximum atomic E-state index is 11.7. The Morgan fingerprint density at radius 3 is 1.18 bits per heavy atom. The fourth-order valence-corrected chi connectivity index (χ4v) is 4.66. The maximum absolute atomic E-state index is 11.7. The lowest BCUT2D eigenvalue weighted by Gasteiger charge is -2.05. The Bertz CT molecular complexity index is 983. The lowest BCUT2D eigenvalue weighted by Crippen LogP contribution is -2.21. The Labute approximate surface area is 167 Å². The molecule has 2 aromatic carbocycles. The van der Waals surface area contributed by atoms with Crippen LogP contribution in [0.15, 0.2) is 70.5 Å². The van der Waals surface area contributed by atoms with Crippen LogP contribution in [0.25, 0.3) is 11.1 Å². The van der Waals surface area contributed by atoms with Crippen molar-refractivity contribution in [2.45, 2.75) is 9.79 Å². The molecule has 2 aliphatic heterocycles. The van der Waals surface area contributed by atoms with Crippen molar-refractivity contribution in [3.05, 3.63) is 71.8 Å². The summed E-state index contributed by atoms with van der Waals surface area (Å²) in [4.78, 5) is 47.8. The third-order valence-electron chi connectivity index (χ3n) is 4.08. The fraction of sp³-hybridized carbons (Fsp3) is 0. The summed E-state index contributed by atoms with van der Waals surface area (Å²) in [6.45, 7) is 0. The van der Waals surface area contributed by atoms with Crippen molar-refractivity contribution in [2.24, 2.45) is 0 Å². The second-order valence-electron chi connectivity index (χ2n) is 5.97. The van der Waals surface area contributed by atoms with E-state index in [1.165, 1.54) is 12.2 Å². The zero-order chi connectivity index (χ0) is 19.7. The average molecular weight is 408 g/mol. The van der Waals surface area contributed by atoms with E-state index in [0.717, 1.165) is 9.79 Å². The van der Waals surface area contributed by atoms with E-state index in [-0.39, 0.29) is 11.8 Å². The summed E-state index contributed by atoms with van der Waals surface area (Å²) in [7, 11) is 3.09.